The lowest BCUT2D eigenvalue weighted by Crippen LogP contribution is -2.37. The number of esters is 1. The Bertz CT molecular complexity index is 478. The van der Waals surface area contributed by atoms with Gasteiger partial charge in [0.1, 0.15) is 6.10 Å². The molecule has 19 heavy (non-hydrogen) atoms. The van der Waals surface area contributed by atoms with Crippen molar-refractivity contribution in [1.82, 2.24) is 0 Å². The number of carbonyl (C=O) groups is 1. The summed E-state index contributed by atoms with van der Waals surface area (Å²) in [5.74, 6) is -0.845. The van der Waals surface area contributed by atoms with Gasteiger partial charge in [0.05, 0.1) is 5.75 Å². The smallest absolute Gasteiger partial charge is 0.333 e. The van der Waals surface area contributed by atoms with Crippen molar-refractivity contribution in [1.29, 1.82) is 0 Å². The molecule has 0 N–H and O–H groups in total. The normalized spacial score (nSPS) is 14.1. The molecule has 0 aliphatic rings. The van der Waals surface area contributed by atoms with Crippen LogP contribution in [0.1, 0.15) is 27.7 Å². The molecule has 0 rings (SSSR count). The first-order valence-electron chi connectivity index (χ1n) is 5.88. The van der Waals surface area contributed by atoms with E-state index >= 15 is 0 Å². The predicted octanol–water partition coefficient (Wildman–Crippen LogP) is 2.63. The molecule has 0 aliphatic heterocycles. The Kier molecular flexibility index (Phi) is 6.22. The molecule has 0 saturated heterocycles. The summed E-state index contributed by atoms with van der Waals surface area (Å²) in [7, 11) is -3.46. The average molecular weight is 286 g/mol. The van der Waals surface area contributed by atoms with Gasteiger partial charge in [0.25, 0.3) is 0 Å². The molecule has 0 aromatic heterocycles. The molecule has 0 aliphatic carbocycles. The number of hydrogen-bond donors (Lipinski definition) is 0. The van der Waals surface area contributed by atoms with E-state index in [4.69, 9.17) is 4.74 Å². The van der Waals surface area contributed by atoms with E-state index in [-0.39, 0.29) is 11.3 Å². The van der Waals surface area contributed by atoms with Crippen LogP contribution in [0.15, 0.2) is 36.3 Å². The first-order valence-corrected chi connectivity index (χ1v) is 7.59. The van der Waals surface area contributed by atoms with Crippen molar-refractivity contribution in [2.24, 2.45) is 5.41 Å². The fourth-order valence-electron chi connectivity index (χ4n) is 1.13. The highest BCUT2D eigenvalue weighted by Gasteiger charge is 2.32. The lowest BCUT2D eigenvalue weighted by Gasteiger charge is -2.29. The van der Waals surface area contributed by atoms with Crippen LogP contribution in [-0.2, 0) is 19.4 Å². The van der Waals surface area contributed by atoms with Crippen LogP contribution in [0.25, 0.3) is 0 Å². The van der Waals surface area contributed by atoms with Gasteiger partial charge in [-0.3, -0.25) is 0 Å². The van der Waals surface area contributed by atoms with Crippen molar-refractivity contribution in [2.45, 2.75) is 33.8 Å². The van der Waals surface area contributed by atoms with E-state index in [0.717, 1.165) is 5.41 Å². The van der Waals surface area contributed by atoms with Gasteiger partial charge in [-0.05, 0) is 6.92 Å². The molecule has 0 aromatic rings. The highest BCUT2D eigenvalue weighted by Crippen LogP contribution is 2.25. The van der Waals surface area contributed by atoms with Crippen LogP contribution in [0.4, 0.5) is 0 Å². The lowest BCUT2D eigenvalue weighted by molar-refractivity contribution is -0.148. The molecule has 0 heterocycles. The van der Waals surface area contributed by atoms with Crippen LogP contribution in [0.5, 0.6) is 0 Å². The zero-order valence-corrected chi connectivity index (χ0v) is 12.8. The van der Waals surface area contributed by atoms with Gasteiger partial charge in [-0.1, -0.05) is 46.1 Å². The second kappa shape index (κ2) is 6.70. The Morgan fingerprint density at radius 2 is 1.89 bits per heavy atom. The van der Waals surface area contributed by atoms with E-state index in [1.165, 1.54) is 19.1 Å². The Labute approximate surface area is 115 Å². The van der Waals surface area contributed by atoms with Gasteiger partial charge in [-0.15, -0.1) is 0 Å². The minimum absolute atomic E-state index is 0.244. The van der Waals surface area contributed by atoms with E-state index in [9.17, 15) is 13.2 Å². The molecular weight excluding hydrogens is 264 g/mol. The predicted molar refractivity (Wildman–Crippen MR) is 77.3 cm³/mol. The molecule has 1 unspecified atom stereocenters. The van der Waals surface area contributed by atoms with Crippen molar-refractivity contribution in [2.75, 3.05) is 5.75 Å². The van der Waals surface area contributed by atoms with E-state index in [0.29, 0.717) is 0 Å². The highest BCUT2D eigenvalue weighted by atomic mass is 32.2. The maximum Gasteiger partial charge on any atom is 0.333 e. The summed E-state index contributed by atoms with van der Waals surface area (Å²) in [6.45, 7) is 13.9. The van der Waals surface area contributed by atoms with Crippen molar-refractivity contribution < 1.29 is 17.9 Å². The van der Waals surface area contributed by atoms with Gasteiger partial charge in [0, 0.05) is 16.4 Å². The van der Waals surface area contributed by atoms with Crippen molar-refractivity contribution >= 4 is 15.8 Å². The molecule has 0 bridgehead atoms. The van der Waals surface area contributed by atoms with E-state index in [1.54, 1.807) is 0 Å². The number of carbonyl (C=O) groups excluding carboxylic acids is 1. The maximum atomic E-state index is 11.8. The largest absolute Gasteiger partial charge is 0.457 e. The molecule has 0 radical (unpaired) electrons. The number of ether oxygens (including phenoxy) is 1. The van der Waals surface area contributed by atoms with Gasteiger partial charge < -0.3 is 4.74 Å². The Morgan fingerprint density at radius 1 is 1.37 bits per heavy atom. The zero-order chi connectivity index (χ0) is 15.3. The van der Waals surface area contributed by atoms with Gasteiger partial charge in [-0.25, -0.2) is 13.2 Å². The average Bonchev–Trinajstić information content (AvgIpc) is 2.23. The molecule has 108 valence electrons. The topological polar surface area (TPSA) is 60.4 Å². The first-order chi connectivity index (χ1) is 8.49. The van der Waals surface area contributed by atoms with Crippen LogP contribution in [0.2, 0.25) is 0 Å². The maximum absolute atomic E-state index is 11.8. The van der Waals surface area contributed by atoms with Gasteiger partial charge in [0.2, 0.25) is 0 Å². The number of rotatable bonds is 6. The Balaban J connectivity index is 5.10. The molecule has 4 nitrogen and oxygen atoms in total. The van der Waals surface area contributed by atoms with Crippen LogP contribution in [-0.4, -0.2) is 26.2 Å². The standard InChI is InChI=1S/C14H22O4S/c1-7-8-9-19(16,17)10-12(14(4,5)6)18-13(15)11(2)3/h7-9,12H,1-2,10H2,3-6H3/b9-8+. The molecule has 0 aromatic carbocycles. The SMILES string of the molecule is C=C/C=C/S(=O)(=O)CC(OC(=O)C(=C)C)C(C)(C)C. The van der Waals surface area contributed by atoms with Crippen LogP contribution >= 0.6 is 0 Å². The molecule has 0 saturated carbocycles. The Hall–Kier alpha value is -1.36. The summed E-state index contributed by atoms with van der Waals surface area (Å²) in [6.07, 6.45) is 1.98. The zero-order valence-electron chi connectivity index (χ0n) is 12.0. The fraction of sp³-hybridized carbons (Fsp3) is 0.500. The third-order valence-corrected chi connectivity index (χ3v) is 3.71. The lowest BCUT2D eigenvalue weighted by atomic mass is 9.90. The van der Waals surface area contributed by atoms with E-state index in [1.807, 2.05) is 20.8 Å². The highest BCUT2D eigenvalue weighted by molar-refractivity contribution is 7.94. The minimum atomic E-state index is -3.46. The molecule has 0 amide bonds. The van der Waals surface area contributed by atoms with Gasteiger partial charge in [-0.2, -0.15) is 0 Å². The summed E-state index contributed by atoms with van der Waals surface area (Å²) in [4.78, 5) is 11.5. The first kappa shape index (κ1) is 17.6. The van der Waals surface area contributed by atoms with Crippen LogP contribution < -0.4 is 0 Å². The molecule has 1 atom stereocenters. The van der Waals surface area contributed by atoms with Gasteiger partial charge in [0.15, 0.2) is 9.84 Å². The number of hydrogen-bond acceptors (Lipinski definition) is 4. The minimum Gasteiger partial charge on any atom is -0.457 e. The fourth-order valence-corrected chi connectivity index (χ4v) is 2.58. The van der Waals surface area contributed by atoms with Gasteiger partial charge >= 0.3 is 5.97 Å². The molecule has 0 spiro atoms. The second-order valence-electron chi connectivity index (χ2n) is 5.43. The van der Waals surface area contributed by atoms with Crippen molar-refractivity contribution in [3.05, 3.63) is 36.3 Å². The van der Waals surface area contributed by atoms with Crippen molar-refractivity contribution in [3.8, 4) is 0 Å². The quantitative estimate of drug-likeness (QED) is 0.428. The van der Waals surface area contributed by atoms with Crippen LogP contribution in [0, 0.1) is 5.41 Å². The summed E-state index contributed by atoms with van der Waals surface area (Å²) < 4.78 is 28.9. The summed E-state index contributed by atoms with van der Waals surface area (Å²) in [5.41, 5.74) is -0.242. The number of allylic oxidation sites excluding steroid dienone is 2. The summed E-state index contributed by atoms with van der Waals surface area (Å²) >= 11 is 0. The Morgan fingerprint density at radius 3 is 2.26 bits per heavy atom. The van der Waals surface area contributed by atoms with Crippen LogP contribution in [0.3, 0.4) is 0 Å². The molecular formula is C14H22O4S. The monoisotopic (exact) mass is 286 g/mol. The van der Waals surface area contributed by atoms with E-state index < -0.39 is 27.3 Å². The molecule has 0 fully saturated rings. The number of sulfone groups is 1. The third-order valence-electron chi connectivity index (χ3n) is 2.37. The van der Waals surface area contributed by atoms with E-state index in [2.05, 4.69) is 13.2 Å². The summed E-state index contributed by atoms with van der Waals surface area (Å²) in [5, 5.41) is 1.06. The third kappa shape index (κ3) is 6.96. The summed E-state index contributed by atoms with van der Waals surface area (Å²) in [6, 6.07) is 0. The molecule has 5 heteroatoms. The van der Waals surface area contributed by atoms with Crippen molar-refractivity contribution in [3.63, 3.8) is 0 Å². The second-order valence-corrected chi connectivity index (χ2v) is 7.37.